The van der Waals surface area contributed by atoms with Gasteiger partial charge in [-0.15, -0.1) is 0 Å². The van der Waals surface area contributed by atoms with Crippen LogP contribution >= 0.6 is 11.6 Å². The van der Waals surface area contributed by atoms with Crippen molar-refractivity contribution in [2.24, 2.45) is 0 Å². The third kappa shape index (κ3) is 3.70. The molecule has 0 bridgehead atoms. The van der Waals surface area contributed by atoms with Crippen molar-refractivity contribution in [2.45, 2.75) is 11.8 Å². The van der Waals surface area contributed by atoms with Gasteiger partial charge in [0.1, 0.15) is 11.4 Å². The van der Waals surface area contributed by atoms with Gasteiger partial charge in [-0.3, -0.25) is 4.55 Å². The van der Waals surface area contributed by atoms with E-state index in [0.717, 1.165) is 23.0 Å². The highest BCUT2D eigenvalue weighted by atomic mass is 35.5. The number of carbonyl (C=O) groups excluding carboxylic acids is 1. The Bertz CT molecular complexity index is 1150. The summed E-state index contributed by atoms with van der Waals surface area (Å²) < 4.78 is 52.2. The van der Waals surface area contributed by atoms with Crippen LogP contribution in [0.4, 0.5) is 15.9 Å². The lowest BCUT2D eigenvalue weighted by molar-refractivity contribution is 0.0526. The van der Waals surface area contributed by atoms with E-state index in [4.69, 9.17) is 16.3 Å². The van der Waals surface area contributed by atoms with Gasteiger partial charge in [-0.25, -0.2) is 14.2 Å². The van der Waals surface area contributed by atoms with E-state index < -0.39 is 26.8 Å². The van der Waals surface area contributed by atoms with E-state index in [1.807, 2.05) is 0 Å². The Hall–Kier alpha value is -2.76. The van der Waals surface area contributed by atoms with Crippen LogP contribution in [0.15, 0.2) is 35.5 Å². The zero-order valence-corrected chi connectivity index (χ0v) is 15.3. The summed E-state index contributed by atoms with van der Waals surface area (Å²) in [6.07, 6.45) is 1.89. The molecule has 0 radical (unpaired) electrons. The van der Waals surface area contributed by atoms with Gasteiger partial charge in [0.2, 0.25) is 0 Å². The van der Waals surface area contributed by atoms with E-state index in [1.165, 1.54) is 12.1 Å². The predicted molar refractivity (Wildman–Crippen MR) is 93.5 cm³/mol. The van der Waals surface area contributed by atoms with Crippen LogP contribution < -0.4 is 5.32 Å². The summed E-state index contributed by atoms with van der Waals surface area (Å²) in [5, 5.41) is 6.70. The van der Waals surface area contributed by atoms with Crippen LogP contribution in [0.25, 0.3) is 5.65 Å². The van der Waals surface area contributed by atoms with Crippen molar-refractivity contribution in [3.8, 4) is 0 Å². The second-order valence-corrected chi connectivity index (χ2v) is 7.04. The van der Waals surface area contributed by atoms with Crippen molar-refractivity contribution in [1.29, 1.82) is 0 Å². The molecule has 0 aliphatic carbocycles. The lowest BCUT2D eigenvalue weighted by Gasteiger charge is -2.13. The molecule has 3 aromatic rings. The largest absolute Gasteiger partial charge is 0.462 e. The highest BCUT2D eigenvalue weighted by molar-refractivity contribution is 7.86. The van der Waals surface area contributed by atoms with E-state index >= 15 is 0 Å². The topological polar surface area (TPSA) is 123 Å². The van der Waals surface area contributed by atoms with E-state index in [2.05, 4.69) is 15.4 Å². The van der Waals surface area contributed by atoms with Crippen molar-refractivity contribution in [3.63, 3.8) is 0 Å². The molecule has 12 heteroatoms. The van der Waals surface area contributed by atoms with Gasteiger partial charge in [0.05, 0.1) is 18.5 Å². The number of carbonyl (C=O) groups is 1. The SMILES string of the molecule is CCOC(=O)c1cnc2c(S(=O)(=O)O)cnn2c1Nc1cc(Cl)ccc1F. The molecule has 0 aliphatic rings. The van der Waals surface area contributed by atoms with E-state index in [-0.39, 0.29) is 34.3 Å². The van der Waals surface area contributed by atoms with Crippen LogP contribution in [0.5, 0.6) is 0 Å². The molecule has 0 atom stereocenters. The number of ether oxygens (including phenoxy) is 1. The number of halogens is 2. The first kappa shape index (κ1) is 19.0. The second-order valence-electron chi connectivity index (χ2n) is 5.21. The molecule has 1 aromatic carbocycles. The third-order valence-electron chi connectivity index (χ3n) is 3.45. The molecule has 0 fully saturated rings. The Morgan fingerprint density at radius 1 is 1.41 bits per heavy atom. The molecule has 0 saturated carbocycles. The number of nitrogens with one attached hydrogen (secondary N) is 1. The maximum absolute atomic E-state index is 14.1. The van der Waals surface area contributed by atoms with Crippen molar-refractivity contribution in [1.82, 2.24) is 14.6 Å². The molecule has 0 aliphatic heterocycles. The molecule has 2 heterocycles. The normalized spacial score (nSPS) is 11.6. The molecule has 0 unspecified atom stereocenters. The Morgan fingerprint density at radius 3 is 2.81 bits per heavy atom. The summed E-state index contributed by atoms with van der Waals surface area (Å²) >= 11 is 5.87. The van der Waals surface area contributed by atoms with Gasteiger partial charge >= 0.3 is 5.97 Å². The van der Waals surface area contributed by atoms with Crippen LogP contribution in [0.1, 0.15) is 17.3 Å². The molecule has 0 spiro atoms. The quantitative estimate of drug-likeness (QED) is 0.482. The average molecular weight is 415 g/mol. The summed E-state index contributed by atoms with van der Waals surface area (Å²) in [4.78, 5) is 15.5. The first-order valence-electron chi connectivity index (χ1n) is 7.45. The predicted octanol–water partition coefficient (Wildman–Crippen LogP) is 2.69. The number of hydrogen-bond acceptors (Lipinski definition) is 7. The average Bonchev–Trinajstić information content (AvgIpc) is 3.03. The molecular weight excluding hydrogens is 403 g/mol. The number of esters is 1. The van der Waals surface area contributed by atoms with E-state index in [1.54, 1.807) is 6.92 Å². The number of aromatic nitrogens is 3. The van der Waals surface area contributed by atoms with Gasteiger partial charge in [0.15, 0.2) is 16.4 Å². The molecule has 2 aromatic heterocycles. The Morgan fingerprint density at radius 2 is 2.15 bits per heavy atom. The summed E-state index contributed by atoms with van der Waals surface area (Å²) in [5.74, 6) is -1.59. The first-order valence-corrected chi connectivity index (χ1v) is 9.27. The zero-order valence-electron chi connectivity index (χ0n) is 13.7. The standard InChI is InChI=1S/C15H12ClFN4O5S/c1-2-26-15(22)9-6-18-14-12(27(23,24)25)7-19-21(14)13(9)20-11-5-8(16)3-4-10(11)17/h3-7,20H,2H2,1H3,(H,23,24,25). The molecule has 0 amide bonds. The Labute approximate surface area is 157 Å². The lowest BCUT2D eigenvalue weighted by atomic mass is 10.2. The fraction of sp³-hybridized carbons (Fsp3) is 0.133. The van der Waals surface area contributed by atoms with Gasteiger partial charge in [-0.05, 0) is 25.1 Å². The first-order chi connectivity index (χ1) is 12.7. The van der Waals surface area contributed by atoms with Gasteiger partial charge < -0.3 is 10.1 Å². The number of nitrogens with zero attached hydrogens (tertiary/aromatic N) is 3. The summed E-state index contributed by atoms with van der Waals surface area (Å²) in [5.41, 5.74) is -0.492. The number of anilines is 2. The number of rotatable bonds is 5. The van der Waals surface area contributed by atoms with E-state index in [0.29, 0.717) is 0 Å². The van der Waals surface area contributed by atoms with Crippen LogP contribution in [0.2, 0.25) is 5.02 Å². The number of benzene rings is 1. The zero-order chi connectivity index (χ0) is 19.8. The van der Waals surface area contributed by atoms with Crippen molar-refractivity contribution < 1.29 is 26.9 Å². The minimum Gasteiger partial charge on any atom is -0.462 e. The molecule has 9 nitrogen and oxygen atoms in total. The summed E-state index contributed by atoms with van der Waals surface area (Å²) in [6.45, 7) is 1.66. The highest BCUT2D eigenvalue weighted by Gasteiger charge is 2.24. The van der Waals surface area contributed by atoms with Crippen LogP contribution in [0.3, 0.4) is 0 Å². The summed E-state index contributed by atoms with van der Waals surface area (Å²) in [7, 11) is -4.62. The van der Waals surface area contributed by atoms with Crippen molar-refractivity contribution >= 4 is 44.8 Å². The van der Waals surface area contributed by atoms with Gasteiger partial charge in [0.25, 0.3) is 10.1 Å². The molecule has 0 saturated heterocycles. The molecule has 27 heavy (non-hydrogen) atoms. The molecule has 3 rings (SSSR count). The van der Waals surface area contributed by atoms with Crippen molar-refractivity contribution in [2.75, 3.05) is 11.9 Å². The molecule has 142 valence electrons. The fourth-order valence-electron chi connectivity index (χ4n) is 2.29. The second kappa shape index (κ2) is 7.10. The number of hydrogen-bond donors (Lipinski definition) is 2. The Balaban J connectivity index is 2.25. The lowest BCUT2D eigenvalue weighted by Crippen LogP contribution is -2.13. The fourth-order valence-corrected chi connectivity index (χ4v) is 3.01. The monoisotopic (exact) mass is 414 g/mol. The van der Waals surface area contributed by atoms with Crippen LogP contribution in [-0.4, -0.2) is 40.1 Å². The van der Waals surface area contributed by atoms with Crippen LogP contribution in [0, 0.1) is 5.82 Å². The maximum Gasteiger partial charge on any atom is 0.343 e. The van der Waals surface area contributed by atoms with Crippen molar-refractivity contribution in [3.05, 3.63) is 47.0 Å². The molecular formula is C15H12ClFN4O5S. The Kier molecular flexibility index (Phi) is 5.00. The minimum atomic E-state index is -4.62. The van der Waals surface area contributed by atoms with Gasteiger partial charge in [-0.2, -0.15) is 18.0 Å². The highest BCUT2D eigenvalue weighted by Crippen LogP contribution is 2.28. The van der Waals surface area contributed by atoms with Gasteiger partial charge in [-0.1, -0.05) is 11.6 Å². The number of fused-ring (bicyclic) bond motifs is 1. The van der Waals surface area contributed by atoms with Gasteiger partial charge in [0, 0.05) is 11.2 Å². The minimum absolute atomic E-state index is 0.0667. The smallest absolute Gasteiger partial charge is 0.343 e. The summed E-state index contributed by atoms with van der Waals surface area (Å²) in [6, 6.07) is 3.71. The molecule has 2 N–H and O–H groups in total. The van der Waals surface area contributed by atoms with E-state index in [9.17, 15) is 22.2 Å². The maximum atomic E-state index is 14.1. The van der Waals surface area contributed by atoms with Crippen LogP contribution in [-0.2, 0) is 14.9 Å². The third-order valence-corrected chi connectivity index (χ3v) is 4.53.